The molecule has 0 spiro atoms. The van der Waals surface area contributed by atoms with E-state index in [1.165, 1.54) is 18.2 Å². The van der Waals surface area contributed by atoms with E-state index in [9.17, 15) is 9.59 Å². The Bertz CT molecular complexity index is 510. The van der Waals surface area contributed by atoms with Crippen LogP contribution < -0.4 is 5.32 Å². The Labute approximate surface area is 127 Å². The summed E-state index contributed by atoms with van der Waals surface area (Å²) in [5.41, 5.74) is 0.399. The molecule has 0 fully saturated rings. The first-order valence-corrected chi connectivity index (χ1v) is 7.69. The van der Waals surface area contributed by atoms with Gasteiger partial charge >= 0.3 is 12.0 Å². The van der Waals surface area contributed by atoms with E-state index in [1.54, 1.807) is 23.7 Å². The summed E-state index contributed by atoms with van der Waals surface area (Å²) in [7, 11) is 1.69. The van der Waals surface area contributed by atoms with Gasteiger partial charge in [0.05, 0.1) is 5.56 Å². The van der Waals surface area contributed by atoms with Crippen molar-refractivity contribution >= 4 is 41.1 Å². The van der Waals surface area contributed by atoms with E-state index in [0.29, 0.717) is 5.69 Å². The predicted octanol–water partition coefficient (Wildman–Crippen LogP) is 3.25. The van der Waals surface area contributed by atoms with Crippen LogP contribution in [0.3, 0.4) is 0 Å². The van der Waals surface area contributed by atoms with Gasteiger partial charge in [0.15, 0.2) is 0 Å². The van der Waals surface area contributed by atoms with Gasteiger partial charge in [0, 0.05) is 29.6 Å². The van der Waals surface area contributed by atoms with E-state index in [0.717, 1.165) is 5.75 Å². The number of carboxylic acid groups (broad SMARTS) is 1. The molecule has 7 heteroatoms. The molecule has 0 aliphatic rings. The lowest BCUT2D eigenvalue weighted by Crippen LogP contribution is -2.39. The number of urea groups is 1. The Morgan fingerprint density at radius 3 is 2.65 bits per heavy atom. The second-order valence-corrected chi connectivity index (χ2v) is 5.73. The number of nitrogens with one attached hydrogen (secondary N) is 1. The van der Waals surface area contributed by atoms with Crippen molar-refractivity contribution in [3.05, 3.63) is 28.8 Å². The SMILES string of the molecule is CSCC(C)N(C)C(=O)Nc1cc(Cl)cc(C(=O)O)c1. The minimum absolute atomic E-state index is 0.0348. The number of anilines is 1. The Balaban J connectivity index is 2.82. The summed E-state index contributed by atoms with van der Waals surface area (Å²) in [6.07, 6.45) is 1.97. The monoisotopic (exact) mass is 316 g/mol. The van der Waals surface area contributed by atoms with Crippen molar-refractivity contribution < 1.29 is 14.7 Å². The number of thioether (sulfide) groups is 1. The minimum atomic E-state index is -1.09. The molecular weight excluding hydrogens is 300 g/mol. The van der Waals surface area contributed by atoms with Crippen LogP contribution in [0.15, 0.2) is 18.2 Å². The molecule has 0 aliphatic carbocycles. The third kappa shape index (κ3) is 4.61. The van der Waals surface area contributed by atoms with Gasteiger partial charge in [-0.2, -0.15) is 11.8 Å². The second kappa shape index (κ2) is 7.40. The number of carbonyl (C=O) groups excluding carboxylic acids is 1. The van der Waals surface area contributed by atoms with Crippen LogP contribution in [-0.2, 0) is 0 Å². The van der Waals surface area contributed by atoms with Crippen LogP contribution in [0.25, 0.3) is 0 Å². The lowest BCUT2D eigenvalue weighted by molar-refractivity contribution is 0.0697. The summed E-state index contributed by atoms with van der Waals surface area (Å²) in [6, 6.07) is 3.99. The maximum Gasteiger partial charge on any atom is 0.335 e. The van der Waals surface area contributed by atoms with Gasteiger partial charge in [-0.05, 0) is 31.4 Å². The van der Waals surface area contributed by atoms with Crippen LogP contribution in [-0.4, -0.2) is 47.1 Å². The van der Waals surface area contributed by atoms with E-state index >= 15 is 0 Å². The lowest BCUT2D eigenvalue weighted by Gasteiger charge is -2.24. The fourth-order valence-electron chi connectivity index (χ4n) is 1.55. The Morgan fingerprint density at radius 2 is 2.10 bits per heavy atom. The minimum Gasteiger partial charge on any atom is -0.478 e. The van der Waals surface area contributed by atoms with Crippen molar-refractivity contribution in [3.63, 3.8) is 0 Å². The average Bonchev–Trinajstić information content (AvgIpc) is 2.37. The quantitative estimate of drug-likeness (QED) is 0.875. The summed E-state index contributed by atoms with van der Waals surface area (Å²) in [5.74, 6) is -0.271. The molecule has 1 aromatic rings. The number of hydrogen-bond acceptors (Lipinski definition) is 3. The van der Waals surface area contributed by atoms with E-state index < -0.39 is 5.97 Å². The average molecular weight is 317 g/mol. The van der Waals surface area contributed by atoms with Crippen molar-refractivity contribution in [1.29, 1.82) is 0 Å². The number of carbonyl (C=O) groups is 2. The van der Waals surface area contributed by atoms with Gasteiger partial charge < -0.3 is 15.3 Å². The molecule has 110 valence electrons. The molecule has 1 unspecified atom stereocenters. The third-order valence-corrected chi connectivity index (χ3v) is 3.82. The summed E-state index contributed by atoms with van der Waals surface area (Å²) in [5, 5.41) is 11.9. The number of halogens is 1. The molecule has 1 aromatic carbocycles. The standard InChI is InChI=1S/C13H17ClN2O3S/c1-8(7-20-3)16(2)13(19)15-11-5-9(12(17)18)4-10(14)6-11/h4-6,8H,7H2,1-3H3,(H,15,19)(H,17,18). The van der Waals surface area contributed by atoms with Crippen LogP contribution in [0, 0.1) is 0 Å². The van der Waals surface area contributed by atoms with Gasteiger partial charge in [-0.1, -0.05) is 11.6 Å². The van der Waals surface area contributed by atoms with Crippen LogP contribution in [0.5, 0.6) is 0 Å². The zero-order valence-corrected chi connectivity index (χ0v) is 13.1. The highest BCUT2D eigenvalue weighted by Gasteiger charge is 2.16. The molecule has 0 radical (unpaired) electrons. The number of hydrogen-bond donors (Lipinski definition) is 2. The molecular formula is C13H17ClN2O3S. The topological polar surface area (TPSA) is 69.6 Å². The lowest BCUT2D eigenvalue weighted by atomic mass is 10.2. The maximum atomic E-state index is 12.0. The largest absolute Gasteiger partial charge is 0.478 e. The predicted molar refractivity (Wildman–Crippen MR) is 83.0 cm³/mol. The van der Waals surface area contributed by atoms with Gasteiger partial charge in [-0.15, -0.1) is 0 Å². The summed E-state index contributed by atoms with van der Waals surface area (Å²) in [4.78, 5) is 24.5. The smallest absolute Gasteiger partial charge is 0.335 e. The van der Waals surface area contributed by atoms with Crippen LogP contribution in [0.2, 0.25) is 5.02 Å². The molecule has 20 heavy (non-hydrogen) atoms. The third-order valence-electron chi connectivity index (χ3n) is 2.79. The van der Waals surface area contributed by atoms with Crippen molar-refractivity contribution in [2.24, 2.45) is 0 Å². The fourth-order valence-corrected chi connectivity index (χ4v) is 2.49. The van der Waals surface area contributed by atoms with E-state index in [4.69, 9.17) is 16.7 Å². The van der Waals surface area contributed by atoms with Crippen molar-refractivity contribution in [2.75, 3.05) is 24.4 Å². The molecule has 1 rings (SSSR count). The fraction of sp³-hybridized carbons (Fsp3) is 0.385. The van der Waals surface area contributed by atoms with Gasteiger partial charge in [-0.3, -0.25) is 0 Å². The number of nitrogens with zero attached hydrogens (tertiary/aromatic N) is 1. The molecule has 0 bridgehead atoms. The number of rotatable bonds is 5. The van der Waals surface area contributed by atoms with Crippen LogP contribution in [0.1, 0.15) is 17.3 Å². The first-order valence-electron chi connectivity index (χ1n) is 5.91. The molecule has 0 saturated heterocycles. The van der Waals surface area contributed by atoms with Crippen LogP contribution >= 0.6 is 23.4 Å². The van der Waals surface area contributed by atoms with Crippen molar-refractivity contribution in [3.8, 4) is 0 Å². The molecule has 0 saturated carbocycles. The van der Waals surface area contributed by atoms with Crippen molar-refractivity contribution in [2.45, 2.75) is 13.0 Å². The second-order valence-electron chi connectivity index (χ2n) is 4.38. The summed E-state index contributed by atoms with van der Waals surface area (Å²) in [6.45, 7) is 1.94. The first kappa shape index (κ1) is 16.7. The molecule has 0 aromatic heterocycles. The normalized spacial score (nSPS) is 11.8. The molecule has 1 atom stereocenters. The zero-order chi connectivity index (χ0) is 15.3. The first-order chi connectivity index (χ1) is 9.35. The number of aromatic carboxylic acids is 1. The Hall–Kier alpha value is -1.40. The Morgan fingerprint density at radius 1 is 1.45 bits per heavy atom. The number of amides is 2. The van der Waals surface area contributed by atoms with Gasteiger partial charge in [0.2, 0.25) is 0 Å². The Kier molecular flexibility index (Phi) is 6.16. The van der Waals surface area contributed by atoms with Gasteiger partial charge in [-0.25, -0.2) is 9.59 Å². The van der Waals surface area contributed by atoms with E-state index in [-0.39, 0.29) is 22.7 Å². The highest BCUT2D eigenvalue weighted by atomic mass is 35.5. The highest BCUT2D eigenvalue weighted by Crippen LogP contribution is 2.20. The van der Waals surface area contributed by atoms with Crippen LogP contribution in [0.4, 0.5) is 10.5 Å². The summed E-state index contributed by atoms with van der Waals surface area (Å²) >= 11 is 7.49. The zero-order valence-electron chi connectivity index (χ0n) is 11.5. The summed E-state index contributed by atoms with van der Waals surface area (Å²) < 4.78 is 0. The molecule has 2 N–H and O–H groups in total. The molecule has 2 amide bonds. The van der Waals surface area contributed by atoms with E-state index in [2.05, 4.69) is 5.32 Å². The van der Waals surface area contributed by atoms with Crippen molar-refractivity contribution in [1.82, 2.24) is 4.90 Å². The van der Waals surface area contributed by atoms with Gasteiger partial charge in [0.25, 0.3) is 0 Å². The molecule has 5 nitrogen and oxygen atoms in total. The van der Waals surface area contributed by atoms with E-state index in [1.807, 2.05) is 13.2 Å². The number of carboxylic acids is 1. The molecule has 0 heterocycles. The maximum absolute atomic E-state index is 12.0. The highest BCUT2D eigenvalue weighted by molar-refractivity contribution is 7.98. The molecule has 0 aliphatic heterocycles. The van der Waals surface area contributed by atoms with Gasteiger partial charge in [0.1, 0.15) is 0 Å². The number of benzene rings is 1.